The van der Waals surface area contributed by atoms with Gasteiger partial charge in [0.15, 0.2) is 0 Å². The molecule has 0 atom stereocenters. The summed E-state index contributed by atoms with van der Waals surface area (Å²) in [7, 11) is 0. The molecule has 1 aromatic heterocycles. The highest BCUT2D eigenvalue weighted by molar-refractivity contribution is 7.15. The Hall–Kier alpha value is -2.08. The lowest BCUT2D eigenvalue weighted by Crippen LogP contribution is -2.29. The predicted octanol–water partition coefficient (Wildman–Crippen LogP) is 1.90. The highest BCUT2D eigenvalue weighted by Crippen LogP contribution is 2.30. The summed E-state index contributed by atoms with van der Waals surface area (Å²) in [6.45, 7) is 1.95. The molecule has 18 heavy (non-hydrogen) atoms. The van der Waals surface area contributed by atoms with Crippen LogP contribution in [0.1, 0.15) is 32.6 Å². The maximum absolute atomic E-state index is 12.1. The number of carbonyl (C=O) groups is 2. The van der Waals surface area contributed by atoms with Crippen LogP contribution in [-0.2, 0) is 6.42 Å². The third kappa shape index (κ3) is 1.46. The van der Waals surface area contributed by atoms with Crippen molar-refractivity contribution >= 4 is 28.3 Å². The zero-order valence-electron chi connectivity index (χ0n) is 9.58. The molecule has 0 unspecified atom stereocenters. The number of rotatable bonds is 2. The Bertz CT molecular complexity index is 615. The van der Waals surface area contributed by atoms with Crippen molar-refractivity contribution in [2.75, 3.05) is 4.90 Å². The Morgan fingerprint density at radius 3 is 2.22 bits per heavy atom. The fourth-order valence-corrected chi connectivity index (χ4v) is 2.62. The van der Waals surface area contributed by atoms with E-state index in [0.717, 1.165) is 16.3 Å². The van der Waals surface area contributed by atoms with Gasteiger partial charge in [0.1, 0.15) is 5.01 Å². The summed E-state index contributed by atoms with van der Waals surface area (Å²) in [4.78, 5) is 25.4. The van der Waals surface area contributed by atoms with Crippen molar-refractivity contribution in [2.45, 2.75) is 13.3 Å². The maximum Gasteiger partial charge on any atom is 0.268 e. The van der Waals surface area contributed by atoms with Gasteiger partial charge in [0.05, 0.1) is 11.1 Å². The quantitative estimate of drug-likeness (QED) is 0.773. The van der Waals surface area contributed by atoms with Gasteiger partial charge in [-0.05, 0) is 18.6 Å². The van der Waals surface area contributed by atoms with Crippen molar-refractivity contribution in [3.05, 3.63) is 40.4 Å². The Balaban J connectivity index is 2.06. The average Bonchev–Trinajstić information content (AvgIpc) is 2.95. The molecule has 0 bridgehead atoms. The summed E-state index contributed by atoms with van der Waals surface area (Å²) in [6.07, 6.45) is 0.737. The summed E-state index contributed by atoms with van der Waals surface area (Å²) >= 11 is 1.27. The minimum Gasteiger partial charge on any atom is -0.268 e. The van der Waals surface area contributed by atoms with Gasteiger partial charge in [-0.2, -0.15) is 0 Å². The zero-order valence-corrected chi connectivity index (χ0v) is 10.4. The van der Waals surface area contributed by atoms with E-state index in [1.54, 1.807) is 24.3 Å². The highest BCUT2D eigenvalue weighted by atomic mass is 32.1. The molecule has 6 heteroatoms. The van der Waals surface area contributed by atoms with Gasteiger partial charge >= 0.3 is 0 Å². The molecule has 90 valence electrons. The third-order valence-electron chi connectivity index (χ3n) is 2.74. The first-order valence-corrected chi connectivity index (χ1v) is 6.34. The van der Waals surface area contributed by atoms with Crippen LogP contribution in [-0.4, -0.2) is 22.0 Å². The van der Waals surface area contributed by atoms with Gasteiger partial charge in [-0.3, -0.25) is 9.59 Å². The molecule has 2 heterocycles. The Labute approximate surface area is 107 Å². The van der Waals surface area contributed by atoms with Crippen LogP contribution < -0.4 is 4.90 Å². The molecule has 2 aromatic rings. The molecule has 0 saturated carbocycles. The lowest BCUT2D eigenvalue weighted by Gasteiger charge is -2.07. The van der Waals surface area contributed by atoms with Gasteiger partial charge in [0.25, 0.3) is 11.8 Å². The number of hydrogen-bond donors (Lipinski definition) is 0. The molecule has 5 nitrogen and oxygen atoms in total. The maximum atomic E-state index is 12.1. The second-order valence-corrected chi connectivity index (χ2v) is 4.86. The number of nitrogens with zero attached hydrogens (tertiary/aromatic N) is 3. The number of carbonyl (C=O) groups excluding carboxylic acids is 2. The van der Waals surface area contributed by atoms with Crippen molar-refractivity contribution in [1.82, 2.24) is 10.2 Å². The van der Waals surface area contributed by atoms with Crippen LogP contribution in [0.5, 0.6) is 0 Å². The second-order valence-electron chi connectivity index (χ2n) is 3.82. The second kappa shape index (κ2) is 3.99. The predicted molar refractivity (Wildman–Crippen MR) is 66.9 cm³/mol. The minimum atomic E-state index is -0.325. The van der Waals surface area contributed by atoms with E-state index in [2.05, 4.69) is 10.2 Å². The van der Waals surface area contributed by atoms with E-state index in [9.17, 15) is 9.59 Å². The van der Waals surface area contributed by atoms with Crippen LogP contribution in [0.15, 0.2) is 24.3 Å². The molecule has 1 aliphatic rings. The Morgan fingerprint density at radius 1 is 1.11 bits per heavy atom. The SMILES string of the molecule is CCc1nnc(N2C(=O)c3ccccc3C2=O)s1. The number of fused-ring (bicyclic) bond motifs is 1. The molecule has 2 amide bonds. The standard InChI is InChI=1S/C12H9N3O2S/c1-2-9-13-14-12(18-9)15-10(16)7-5-3-4-6-8(7)11(15)17/h3-6H,2H2,1H3. The fraction of sp³-hybridized carbons (Fsp3) is 0.167. The minimum absolute atomic E-state index is 0.325. The van der Waals surface area contributed by atoms with Crippen molar-refractivity contribution in [1.29, 1.82) is 0 Å². The largest absolute Gasteiger partial charge is 0.268 e. The normalized spacial score (nSPS) is 14.2. The zero-order chi connectivity index (χ0) is 12.7. The van der Waals surface area contributed by atoms with E-state index in [1.807, 2.05) is 6.92 Å². The molecule has 0 N–H and O–H groups in total. The lowest BCUT2D eigenvalue weighted by atomic mass is 10.1. The van der Waals surface area contributed by atoms with E-state index in [-0.39, 0.29) is 11.8 Å². The number of aryl methyl sites for hydroxylation is 1. The van der Waals surface area contributed by atoms with Crippen LogP contribution in [0.3, 0.4) is 0 Å². The van der Waals surface area contributed by atoms with E-state index in [1.165, 1.54) is 11.3 Å². The van der Waals surface area contributed by atoms with Crippen molar-refractivity contribution in [2.24, 2.45) is 0 Å². The highest BCUT2D eigenvalue weighted by Gasteiger charge is 2.38. The van der Waals surface area contributed by atoms with E-state index in [4.69, 9.17) is 0 Å². The number of hydrogen-bond acceptors (Lipinski definition) is 5. The smallest absolute Gasteiger partial charge is 0.268 e. The van der Waals surface area contributed by atoms with Crippen molar-refractivity contribution in [3.8, 4) is 0 Å². The molecule has 0 aliphatic carbocycles. The first-order chi connectivity index (χ1) is 8.72. The van der Waals surface area contributed by atoms with E-state index in [0.29, 0.717) is 16.3 Å². The Morgan fingerprint density at radius 2 is 1.72 bits per heavy atom. The van der Waals surface area contributed by atoms with Gasteiger partial charge in [0.2, 0.25) is 5.13 Å². The van der Waals surface area contributed by atoms with Crippen LogP contribution in [0.4, 0.5) is 5.13 Å². The van der Waals surface area contributed by atoms with Crippen molar-refractivity contribution < 1.29 is 9.59 Å². The molecule has 0 radical (unpaired) electrons. The summed E-state index contributed by atoms with van der Waals surface area (Å²) < 4.78 is 0. The van der Waals surface area contributed by atoms with Crippen LogP contribution in [0.25, 0.3) is 0 Å². The fourth-order valence-electron chi connectivity index (χ4n) is 1.84. The van der Waals surface area contributed by atoms with Gasteiger partial charge in [0, 0.05) is 0 Å². The molecule has 1 aromatic carbocycles. The van der Waals surface area contributed by atoms with Gasteiger partial charge in [-0.15, -0.1) is 10.2 Å². The van der Waals surface area contributed by atoms with Gasteiger partial charge < -0.3 is 0 Å². The summed E-state index contributed by atoms with van der Waals surface area (Å²) in [5, 5.41) is 8.99. The first-order valence-electron chi connectivity index (χ1n) is 5.52. The number of amides is 2. The van der Waals surface area contributed by atoms with Crippen LogP contribution >= 0.6 is 11.3 Å². The number of anilines is 1. The van der Waals surface area contributed by atoms with E-state index < -0.39 is 0 Å². The van der Waals surface area contributed by atoms with Gasteiger partial charge in [-0.25, -0.2) is 4.90 Å². The monoisotopic (exact) mass is 259 g/mol. The van der Waals surface area contributed by atoms with Crippen LogP contribution in [0, 0.1) is 0 Å². The van der Waals surface area contributed by atoms with Crippen molar-refractivity contribution in [3.63, 3.8) is 0 Å². The molecular weight excluding hydrogens is 250 g/mol. The number of benzene rings is 1. The molecule has 0 spiro atoms. The molecule has 3 rings (SSSR count). The molecule has 1 aliphatic heterocycles. The van der Waals surface area contributed by atoms with Crippen LogP contribution in [0.2, 0.25) is 0 Å². The lowest BCUT2D eigenvalue weighted by molar-refractivity contribution is 0.0926. The summed E-state index contributed by atoms with van der Waals surface area (Å²) in [6, 6.07) is 6.78. The number of aromatic nitrogens is 2. The molecular formula is C12H9N3O2S. The third-order valence-corrected chi connectivity index (χ3v) is 3.80. The van der Waals surface area contributed by atoms with Gasteiger partial charge in [-0.1, -0.05) is 30.4 Å². The number of imide groups is 1. The average molecular weight is 259 g/mol. The Kier molecular flexibility index (Phi) is 2.45. The summed E-state index contributed by atoms with van der Waals surface area (Å²) in [5.74, 6) is -0.649. The summed E-state index contributed by atoms with van der Waals surface area (Å²) in [5.41, 5.74) is 0.853. The topological polar surface area (TPSA) is 63.2 Å². The first kappa shape index (κ1) is 11.0. The molecule has 0 saturated heterocycles. The molecule has 0 fully saturated rings. The van der Waals surface area contributed by atoms with E-state index >= 15 is 0 Å².